The van der Waals surface area contributed by atoms with Crippen LogP contribution in [0.3, 0.4) is 0 Å². The van der Waals surface area contributed by atoms with Gasteiger partial charge in [0.1, 0.15) is 6.29 Å². The van der Waals surface area contributed by atoms with Crippen molar-refractivity contribution in [2.75, 3.05) is 13.2 Å². The highest BCUT2D eigenvalue weighted by Gasteiger charge is 2.18. The fourth-order valence-electron chi connectivity index (χ4n) is 1.46. The highest BCUT2D eigenvalue weighted by molar-refractivity contribution is 5.77. The molecule has 0 unspecified atom stereocenters. The van der Waals surface area contributed by atoms with E-state index < -0.39 is 12.1 Å². The third-order valence-electron chi connectivity index (χ3n) is 2.33. The van der Waals surface area contributed by atoms with Gasteiger partial charge in [0.05, 0.1) is 13.2 Å². The molecule has 0 N–H and O–H groups in total. The maximum atomic E-state index is 11.5. The summed E-state index contributed by atoms with van der Waals surface area (Å²) in [5.41, 5.74) is 0.486. The topological polar surface area (TPSA) is 61.8 Å². The molecular weight excluding hydrogens is 248 g/mol. The number of rotatable bonds is 7. The second-order valence-electron chi connectivity index (χ2n) is 3.77. The number of carbonyl (C=O) groups is 2. The first-order valence-electron chi connectivity index (χ1n) is 6.17. The first-order valence-corrected chi connectivity index (χ1v) is 6.17. The van der Waals surface area contributed by atoms with E-state index in [0.717, 1.165) is 6.29 Å². The summed E-state index contributed by atoms with van der Waals surface area (Å²) >= 11 is 0. The van der Waals surface area contributed by atoms with E-state index in [1.54, 1.807) is 32.0 Å². The van der Waals surface area contributed by atoms with Crippen molar-refractivity contribution in [3.05, 3.63) is 23.8 Å². The molecule has 0 fully saturated rings. The van der Waals surface area contributed by atoms with Crippen LogP contribution in [0.5, 0.6) is 11.5 Å². The van der Waals surface area contributed by atoms with E-state index in [2.05, 4.69) is 0 Å². The molecule has 0 radical (unpaired) electrons. The van der Waals surface area contributed by atoms with Gasteiger partial charge in [-0.15, -0.1) is 0 Å². The fourth-order valence-corrected chi connectivity index (χ4v) is 1.46. The van der Waals surface area contributed by atoms with E-state index in [9.17, 15) is 9.59 Å². The third kappa shape index (κ3) is 4.28. The van der Waals surface area contributed by atoms with Crippen molar-refractivity contribution in [1.29, 1.82) is 0 Å². The minimum absolute atomic E-state index is 0.301. The number of hydrogen-bond acceptors (Lipinski definition) is 5. The summed E-state index contributed by atoms with van der Waals surface area (Å²) < 4.78 is 15.7. The smallest absolute Gasteiger partial charge is 0.347 e. The number of ether oxygens (including phenoxy) is 3. The zero-order valence-electron chi connectivity index (χ0n) is 11.3. The van der Waals surface area contributed by atoms with Gasteiger partial charge >= 0.3 is 5.97 Å². The zero-order chi connectivity index (χ0) is 14.3. The van der Waals surface area contributed by atoms with Gasteiger partial charge in [0.2, 0.25) is 0 Å². The summed E-state index contributed by atoms with van der Waals surface area (Å²) in [5, 5.41) is 0. The highest BCUT2D eigenvalue weighted by Crippen LogP contribution is 2.29. The average molecular weight is 266 g/mol. The number of carbonyl (C=O) groups excluding carboxylic acids is 2. The Hall–Kier alpha value is -2.04. The van der Waals surface area contributed by atoms with Crippen molar-refractivity contribution in [3.8, 4) is 11.5 Å². The Morgan fingerprint density at radius 2 is 2.00 bits per heavy atom. The average Bonchev–Trinajstić information content (AvgIpc) is 2.41. The Balaban J connectivity index is 2.87. The molecule has 5 heteroatoms. The van der Waals surface area contributed by atoms with Crippen LogP contribution >= 0.6 is 0 Å². The predicted molar refractivity (Wildman–Crippen MR) is 69.7 cm³/mol. The minimum Gasteiger partial charge on any atom is -0.490 e. The molecule has 0 bridgehead atoms. The molecule has 1 atom stereocenters. The number of hydrogen-bond donors (Lipinski definition) is 0. The third-order valence-corrected chi connectivity index (χ3v) is 2.33. The molecule has 1 rings (SSSR count). The first kappa shape index (κ1) is 15.0. The van der Waals surface area contributed by atoms with Crippen molar-refractivity contribution in [1.82, 2.24) is 0 Å². The molecule has 0 saturated heterocycles. The summed E-state index contributed by atoms with van der Waals surface area (Å²) in [6, 6.07) is 4.77. The van der Waals surface area contributed by atoms with Gasteiger partial charge in [-0.2, -0.15) is 0 Å². The minimum atomic E-state index is -0.735. The van der Waals surface area contributed by atoms with Crippen molar-refractivity contribution >= 4 is 12.3 Å². The fraction of sp³-hybridized carbons (Fsp3) is 0.429. The molecule has 19 heavy (non-hydrogen) atoms. The second-order valence-corrected chi connectivity index (χ2v) is 3.77. The molecule has 0 aliphatic carbocycles. The largest absolute Gasteiger partial charge is 0.490 e. The van der Waals surface area contributed by atoms with Crippen LogP contribution in [0.4, 0.5) is 0 Å². The summed E-state index contributed by atoms with van der Waals surface area (Å²) in [6.45, 7) is 5.89. The lowest BCUT2D eigenvalue weighted by Crippen LogP contribution is -2.26. The van der Waals surface area contributed by atoms with E-state index in [1.165, 1.54) is 0 Å². The van der Waals surface area contributed by atoms with Gasteiger partial charge in [-0.05, 0) is 39.0 Å². The molecule has 104 valence electrons. The van der Waals surface area contributed by atoms with Crippen LogP contribution < -0.4 is 9.47 Å². The van der Waals surface area contributed by atoms with Gasteiger partial charge < -0.3 is 14.2 Å². The van der Waals surface area contributed by atoms with Gasteiger partial charge in [-0.3, -0.25) is 4.79 Å². The monoisotopic (exact) mass is 266 g/mol. The van der Waals surface area contributed by atoms with Crippen LogP contribution in [-0.4, -0.2) is 31.6 Å². The van der Waals surface area contributed by atoms with Crippen molar-refractivity contribution in [2.24, 2.45) is 0 Å². The van der Waals surface area contributed by atoms with E-state index in [1.807, 2.05) is 6.92 Å². The molecule has 0 heterocycles. The Kier molecular flexibility index (Phi) is 5.85. The van der Waals surface area contributed by atoms with Gasteiger partial charge in [-0.1, -0.05) is 0 Å². The molecule has 0 saturated carbocycles. The van der Waals surface area contributed by atoms with Gasteiger partial charge in [0.25, 0.3) is 0 Å². The van der Waals surface area contributed by atoms with E-state index in [4.69, 9.17) is 14.2 Å². The molecule has 5 nitrogen and oxygen atoms in total. The molecule has 0 aliphatic heterocycles. The zero-order valence-corrected chi connectivity index (χ0v) is 11.3. The van der Waals surface area contributed by atoms with E-state index >= 15 is 0 Å². The standard InChI is InChI=1S/C14H18O5/c1-4-17-13-8-11(9-15)6-7-12(13)19-10(3)14(16)18-5-2/h6-10H,4-5H2,1-3H3/t10-/m1/s1. The van der Waals surface area contributed by atoms with Crippen LogP contribution in [0.15, 0.2) is 18.2 Å². The lowest BCUT2D eigenvalue weighted by atomic mass is 10.2. The van der Waals surface area contributed by atoms with Crippen molar-refractivity contribution < 1.29 is 23.8 Å². The first-order chi connectivity index (χ1) is 9.12. The molecule has 0 amide bonds. The van der Waals surface area contributed by atoms with Crippen LogP contribution in [0.1, 0.15) is 31.1 Å². The highest BCUT2D eigenvalue weighted by atomic mass is 16.6. The van der Waals surface area contributed by atoms with E-state index in [0.29, 0.717) is 30.3 Å². The van der Waals surface area contributed by atoms with Crippen LogP contribution in [0.25, 0.3) is 0 Å². The summed E-state index contributed by atoms with van der Waals surface area (Å²) in [6.07, 6.45) is -0.0117. The lowest BCUT2D eigenvalue weighted by molar-refractivity contribution is -0.150. The Morgan fingerprint density at radius 1 is 1.26 bits per heavy atom. The lowest BCUT2D eigenvalue weighted by Gasteiger charge is -2.16. The van der Waals surface area contributed by atoms with Crippen LogP contribution in [0.2, 0.25) is 0 Å². The Morgan fingerprint density at radius 3 is 2.58 bits per heavy atom. The predicted octanol–water partition coefficient (Wildman–Crippen LogP) is 2.23. The molecule has 0 spiro atoms. The maximum Gasteiger partial charge on any atom is 0.347 e. The Labute approximate surface area is 112 Å². The number of esters is 1. The number of aldehydes is 1. The molecule has 1 aromatic carbocycles. The quantitative estimate of drug-likeness (QED) is 0.559. The van der Waals surface area contributed by atoms with Crippen LogP contribution in [0, 0.1) is 0 Å². The Bertz CT molecular complexity index is 441. The molecular formula is C14H18O5. The van der Waals surface area contributed by atoms with Gasteiger partial charge in [0, 0.05) is 5.56 Å². The summed E-state index contributed by atoms with van der Waals surface area (Å²) in [4.78, 5) is 22.2. The molecule has 1 aromatic rings. The number of benzene rings is 1. The molecule has 0 aromatic heterocycles. The second kappa shape index (κ2) is 7.41. The van der Waals surface area contributed by atoms with Gasteiger partial charge in [-0.25, -0.2) is 4.79 Å². The van der Waals surface area contributed by atoms with Crippen LogP contribution in [-0.2, 0) is 9.53 Å². The van der Waals surface area contributed by atoms with Gasteiger partial charge in [0.15, 0.2) is 17.6 Å². The van der Waals surface area contributed by atoms with Crippen molar-refractivity contribution in [2.45, 2.75) is 26.9 Å². The van der Waals surface area contributed by atoms with E-state index in [-0.39, 0.29) is 0 Å². The normalized spacial score (nSPS) is 11.5. The summed E-state index contributed by atoms with van der Waals surface area (Å²) in [7, 11) is 0. The summed E-state index contributed by atoms with van der Waals surface area (Å²) in [5.74, 6) is 0.403. The van der Waals surface area contributed by atoms with Crippen molar-refractivity contribution in [3.63, 3.8) is 0 Å². The maximum absolute atomic E-state index is 11.5. The SMILES string of the molecule is CCOC(=O)[C@@H](C)Oc1ccc(C=O)cc1OCC. The molecule has 0 aliphatic rings.